The molecule has 1 heterocycles. The van der Waals surface area contributed by atoms with E-state index < -0.39 is 10.8 Å². The van der Waals surface area contributed by atoms with Crippen LogP contribution in [0.1, 0.15) is 15.9 Å². The van der Waals surface area contributed by atoms with Gasteiger partial charge in [0.15, 0.2) is 11.5 Å². The molecule has 9 heteroatoms. The lowest BCUT2D eigenvalue weighted by molar-refractivity contribution is -0.384. The highest BCUT2D eigenvalue weighted by Gasteiger charge is 2.17. The summed E-state index contributed by atoms with van der Waals surface area (Å²) in [5, 5.41) is 14.8. The largest absolute Gasteiger partial charge is 0.454 e. The van der Waals surface area contributed by atoms with Gasteiger partial charge in [0.05, 0.1) is 16.2 Å². The van der Waals surface area contributed by atoms with E-state index in [1.54, 1.807) is 12.1 Å². The van der Waals surface area contributed by atoms with Crippen LogP contribution in [0.25, 0.3) is 0 Å². The normalized spacial score (nSPS) is 12.4. The number of halogens is 1. The van der Waals surface area contributed by atoms with Crippen molar-refractivity contribution in [3.63, 3.8) is 0 Å². The number of ether oxygens (including phenoxy) is 2. The van der Waals surface area contributed by atoms with Crippen LogP contribution in [0, 0.1) is 10.1 Å². The van der Waals surface area contributed by atoms with Crippen molar-refractivity contribution < 1.29 is 19.2 Å². The predicted octanol–water partition coefficient (Wildman–Crippen LogP) is 2.74. The fraction of sp³-hybridized carbons (Fsp3) is 0.0667. The first-order valence-electron chi connectivity index (χ1n) is 6.71. The molecule has 2 aromatic rings. The summed E-state index contributed by atoms with van der Waals surface area (Å²) in [5.41, 5.74) is 3.11. The summed E-state index contributed by atoms with van der Waals surface area (Å²) in [6.07, 6.45) is 1.40. The Balaban J connectivity index is 1.67. The number of benzene rings is 2. The first-order chi connectivity index (χ1) is 11.5. The molecule has 0 saturated heterocycles. The maximum Gasteiger partial charge on any atom is 0.271 e. The van der Waals surface area contributed by atoms with Crippen molar-refractivity contribution in [1.82, 2.24) is 5.43 Å². The molecule has 3 rings (SSSR count). The Kier molecular flexibility index (Phi) is 4.30. The van der Waals surface area contributed by atoms with Gasteiger partial charge >= 0.3 is 0 Å². The standard InChI is InChI=1S/C15H10ClN3O5/c16-12-5-9(6-13-14(12)24-8-23-13)7-17-18-15(20)10-1-3-11(4-2-10)19(21)22/h1-7H,8H2,(H,18,20)/b17-7-. The van der Waals surface area contributed by atoms with Gasteiger partial charge in [-0.3, -0.25) is 14.9 Å². The van der Waals surface area contributed by atoms with Gasteiger partial charge in [0.2, 0.25) is 6.79 Å². The fourth-order valence-electron chi connectivity index (χ4n) is 2.03. The van der Waals surface area contributed by atoms with Gasteiger partial charge < -0.3 is 9.47 Å². The van der Waals surface area contributed by atoms with Crippen molar-refractivity contribution >= 4 is 29.4 Å². The third-order valence-electron chi connectivity index (χ3n) is 3.17. The van der Waals surface area contributed by atoms with E-state index in [2.05, 4.69) is 10.5 Å². The molecule has 0 unspecified atom stereocenters. The number of hydrogen-bond donors (Lipinski definition) is 1. The van der Waals surface area contributed by atoms with Crippen LogP contribution in [0.5, 0.6) is 11.5 Å². The predicted molar refractivity (Wildman–Crippen MR) is 85.7 cm³/mol. The molecule has 2 aromatic carbocycles. The number of rotatable bonds is 4. The van der Waals surface area contributed by atoms with Crippen LogP contribution in [-0.2, 0) is 0 Å². The summed E-state index contributed by atoms with van der Waals surface area (Å²) in [4.78, 5) is 21.9. The zero-order chi connectivity index (χ0) is 17.1. The van der Waals surface area contributed by atoms with E-state index in [1.807, 2.05) is 0 Å². The summed E-state index contributed by atoms with van der Waals surface area (Å²) in [7, 11) is 0. The van der Waals surface area contributed by atoms with E-state index in [-0.39, 0.29) is 18.0 Å². The molecule has 122 valence electrons. The average molecular weight is 348 g/mol. The number of nitrogens with zero attached hydrogens (tertiary/aromatic N) is 2. The second-order valence-electron chi connectivity index (χ2n) is 4.74. The quantitative estimate of drug-likeness (QED) is 0.520. The lowest BCUT2D eigenvalue weighted by Crippen LogP contribution is -2.17. The molecule has 0 fully saturated rings. The molecular formula is C15H10ClN3O5. The molecule has 0 aromatic heterocycles. The number of hydrogen-bond acceptors (Lipinski definition) is 6. The number of nitrogens with one attached hydrogen (secondary N) is 1. The van der Waals surface area contributed by atoms with Crippen LogP contribution in [0.2, 0.25) is 5.02 Å². The SMILES string of the molecule is O=C(N/N=C\c1cc(Cl)c2c(c1)OCO2)c1ccc([N+](=O)[O-])cc1. The summed E-state index contributed by atoms with van der Waals surface area (Å²) >= 11 is 6.04. The van der Waals surface area contributed by atoms with E-state index >= 15 is 0 Å². The van der Waals surface area contributed by atoms with Gasteiger partial charge in [0.1, 0.15) is 0 Å². The number of hydrazone groups is 1. The number of nitro groups is 1. The Hall–Kier alpha value is -3.13. The summed E-state index contributed by atoms with van der Waals surface area (Å²) in [5.74, 6) is 0.488. The Bertz CT molecular complexity index is 836. The smallest absolute Gasteiger partial charge is 0.271 e. The van der Waals surface area contributed by atoms with Gasteiger partial charge in [0, 0.05) is 17.7 Å². The van der Waals surface area contributed by atoms with Crippen LogP contribution < -0.4 is 14.9 Å². The molecule has 8 nitrogen and oxygen atoms in total. The number of amides is 1. The fourth-order valence-corrected chi connectivity index (χ4v) is 2.30. The van der Waals surface area contributed by atoms with E-state index in [9.17, 15) is 14.9 Å². The number of fused-ring (bicyclic) bond motifs is 1. The Morgan fingerprint density at radius 1 is 1.29 bits per heavy atom. The monoisotopic (exact) mass is 347 g/mol. The van der Waals surface area contributed by atoms with E-state index in [4.69, 9.17) is 21.1 Å². The van der Waals surface area contributed by atoms with Crippen molar-refractivity contribution in [2.45, 2.75) is 0 Å². The molecule has 0 radical (unpaired) electrons. The number of carbonyl (C=O) groups excluding carboxylic acids is 1. The van der Waals surface area contributed by atoms with E-state index in [0.29, 0.717) is 22.1 Å². The molecule has 1 N–H and O–H groups in total. The number of nitro benzene ring substituents is 1. The highest BCUT2D eigenvalue weighted by atomic mass is 35.5. The zero-order valence-corrected chi connectivity index (χ0v) is 12.8. The lowest BCUT2D eigenvalue weighted by Gasteiger charge is -2.02. The minimum Gasteiger partial charge on any atom is -0.454 e. The molecule has 1 aliphatic rings. The molecule has 0 spiro atoms. The Morgan fingerprint density at radius 3 is 2.75 bits per heavy atom. The minimum atomic E-state index is -0.538. The third kappa shape index (κ3) is 3.28. The van der Waals surface area contributed by atoms with Crippen molar-refractivity contribution in [2.24, 2.45) is 5.10 Å². The van der Waals surface area contributed by atoms with Crippen molar-refractivity contribution in [3.8, 4) is 11.5 Å². The molecule has 0 saturated carbocycles. The van der Waals surface area contributed by atoms with Gasteiger partial charge in [-0.1, -0.05) is 11.6 Å². The summed E-state index contributed by atoms with van der Waals surface area (Å²) in [6.45, 7) is 0.104. The van der Waals surface area contributed by atoms with E-state index in [0.717, 1.165) is 0 Å². The third-order valence-corrected chi connectivity index (χ3v) is 3.45. The maximum absolute atomic E-state index is 11.9. The van der Waals surface area contributed by atoms with Crippen LogP contribution in [0.4, 0.5) is 5.69 Å². The van der Waals surface area contributed by atoms with Crippen molar-refractivity contribution in [2.75, 3.05) is 6.79 Å². The molecule has 1 amide bonds. The topological polar surface area (TPSA) is 103 Å². The average Bonchev–Trinajstić information content (AvgIpc) is 3.04. The molecule has 0 bridgehead atoms. The zero-order valence-electron chi connectivity index (χ0n) is 12.1. The second kappa shape index (κ2) is 6.55. The molecular weight excluding hydrogens is 338 g/mol. The summed E-state index contributed by atoms with van der Waals surface area (Å²) in [6, 6.07) is 8.49. The molecule has 0 atom stereocenters. The number of carbonyl (C=O) groups is 1. The first-order valence-corrected chi connectivity index (χ1v) is 7.09. The van der Waals surface area contributed by atoms with Crippen LogP contribution in [0.3, 0.4) is 0 Å². The van der Waals surface area contributed by atoms with Crippen molar-refractivity contribution in [1.29, 1.82) is 0 Å². The lowest BCUT2D eigenvalue weighted by atomic mass is 10.2. The molecule has 1 aliphatic heterocycles. The van der Waals surface area contributed by atoms with Crippen LogP contribution >= 0.6 is 11.6 Å². The van der Waals surface area contributed by atoms with Gasteiger partial charge in [-0.15, -0.1) is 0 Å². The maximum atomic E-state index is 11.9. The van der Waals surface area contributed by atoms with Crippen molar-refractivity contribution in [3.05, 3.63) is 62.7 Å². The first kappa shape index (κ1) is 15.8. The Morgan fingerprint density at radius 2 is 2.04 bits per heavy atom. The summed E-state index contributed by atoms with van der Waals surface area (Å²) < 4.78 is 10.4. The Labute approximate surface area is 140 Å². The van der Waals surface area contributed by atoms with Gasteiger partial charge in [-0.25, -0.2) is 5.43 Å². The van der Waals surface area contributed by atoms with Crippen LogP contribution in [0.15, 0.2) is 41.5 Å². The molecule has 0 aliphatic carbocycles. The second-order valence-corrected chi connectivity index (χ2v) is 5.15. The number of non-ortho nitro benzene ring substituents is 1. The minimum absolute atomic E-state index is 0.0925. The molecule has 24 heavy (non-hydrogen) atoms. The van der Waals surface area contributed by atoms with Gasteiger partial charge in [-0.05, 0) is 29.8 Å². The van der Waals surface area contributed by atoms with E-state index in [1.165, 1.54) is 30.5 Å². The highest BCUT2D eigenvalue weighted by Crippen LogP contribution is 2.39. The van der Waals surface area contributed by atoms with Gasteiger partial charge in [-0.2, -0.15) is 5.10 Å². The van der Waals surface area contributed by atoms with Crippen LogP contribution in [-0.4, -0.2) is 23.8 Å². The van der Waals surface area contributed by atoms with Gasteiger partial charge in [0.25, 0.3) is 11.6 Å². The highest BCUT2D eigenvalue weighted by molar-refractivity contribution is 6.32.